The summed E-state index contributed by atoms with van der Waals surface area (Å²) < 4.78 is 12.3. The van der Waals surface area contributed by atoms with Crippen LogP contribution >= 0.6 is 0 Å². The molecule has 1 N–H and O–H groups in total. The Kier molecular flexibility index (Phi) is 1.27. The van der Waals surface area contributed by atoms with E-state index in [1.165, 1.54) is 0 Å². The lowest BCUT2D eigenvalue weighted by Crippen LogP contribution is -2.18. The molecule has 0 aromatic rings. The number of rotatable bonds is 0. The maximum atomic E-state index is 12.3. The molecular formula is C6H11FO. The Morgan fingerprint density at radius 3 is 2.50 bits per heavy atom. The first-order valence-corrected chi connectivity index (χ1v) is 2.97. The van der Waals surface area contributed by atoms with E-state index in [2.05, 4.69) is 0 Å². The van der Waals surface area contributed by atoms with Gasteiger partial charge < -0.3 is 5.11 Å². The van der Waals surface area contributed by atoms with Crippen molar-refractivity contribution < 1.29 is 9.50 Å². The summed E-state index contributed by atoms with van der Waals surface area (Å²) in [5.74, 6) is 0. The van der Waals surface area contributed by atoms with Gasteiger partial charge in [0.25, 0.3) is 0 Å². The zero-order valence-corrected chi connectivity index (χ0v) is 5.02. The Balaban J connectivity index is 2.44. The summed E-state index contributed by atoms with van der Waals surface area (Å²) in [4.78, 5) is 0. The van der Waals surface area contributed by atoms with Crippen LogP contribution in [0.25, 0.3) is 0 Å². The van der Waals surface area contributed by atoms with Crippen LogP contribution in [-0.2, 0) is 0 Å². The molecule has 1 aliphatic rings. The normalized spacial score (nSPS) is 47.6. The second-order valence-electron chi connectivity index (χ2n) is 2.84. The molecule has 0 heterocycles. The molecular weight excluding hydrogens is 107 g/mol. The van der Waals surface area contributed by atoms with Crippen molar-refractivity contribution in [2.75, 3.05) is 0 Å². The van der Waals surface area contributed by atoms with E-state index in [9.17, 15) is 4.39 Å². The molecule has 0 bridgehead atoms. The molecule has 2 atom stereocenters. The van der Waals surface area contributed by atoms with E-state index in [4.69, 9.17) is 5.11 Å². The second-order valence-corrected chi connectivity index (χ2v) is 2.84. The first kappa shape index (κ1) is 6.02. The molecule has 0 radical (unpaired) electrons. The van der Waals surface area contributed by atoms with Crippen LogP contribution in [0.4, 0.5) is 4.39 Å². The minimum Gasteiger partial charge on any atom is -0.390 e. The maximum absolute atomic E-state index is 12.3. The highest BCUT2D eigenvalue weighted by atomic mass is 19.1. The van der Waals surface area contributed by atoms with Crippen molar-refractivity contribution >= 4 is 0 Å². The average Bonchev–Trinajstić information content (AvgIpc) is 1.82. The van der Waals surface area contributed by atoms with E-state index in [0.29, 0.717) is 19.3 Å². The molecule has 1 aliphatic carbocycles. The van der Waals surface area contributed by atoms with Crippen molar-refractivity contribution in [1.29, 1.82) is 0 Å². The summed E-state index contributed by atoms with van der Waals surface area (Å²) in [7, 11) is 0. The van der Waals surface area contributed by atoms with Crippen LogP contribution in [0.2, 0.25) is 0 Å². The van der Waals surface area contributed by atoms with Crippen molar-refractivity contribution in [3.63, 3.8) is 0 Å². The first-order valence-electron chi connectivity index (χ1n) is 2.97. The molecule has 0 aromatic carbocycles. The third-order valence-electron chi connectivity index (χ3n) is 1.66. The zero-order chi connectivity index (χ0) is 6.20. The molecule has 1 saturated carbocycles. The predicted octanol–water partition coefficient (Wildman–Crippen LogP) is 1.26. The van der Waals surface area contributed by atoms with Crippen molar-refractivity contribution in [3.05, 3.63) is 0 Å². The standard InChI is InChI=1S/C6H11FO/c1-6(8)3-2-5(7)4-6/h5,8H,2-4H2,1H3. The Bertz CT molecular complexity index is 90.5. The minimum atomic E-state index is -0.759. The Morgan fingerprint density at radius 1 is 1.75 bits per heavy atom. The molecule has 1 fully saturated rings. The van der Waals surface area contributed by atoms with E-state index in [1.807, 2.05) is 0 Å². The molecule has 1 rings (SSSR count). The summed E-state index contributed by atoms with van der Waals surface area (Å²) in [5, 5.41) is 9.12. The predicted molar refractivity (Wildman–Crippen MR) is 29.4 cm³/mol. The number of hydrogen-bond donors (Lipinski definition) is 1. The minimum absolute atomic E-state index is 0.326. The molecule has 0 spiro atoms. The largest absolute Gasteiger partial charge is 0.390 e. The maximum Gasteiger partial charge on any atom is 0.103 e. The van der Waals surface area contributed by atoms with Gasteiger partial charge >= 0.3 is 0 Å². The van der Waals surface area contributed by atoms with Crippen molar-refractivity contribution in [3.8, 4) is 0 Å². The third kappa shape index (κ3) is 1.19. The molecule has 0 saturated heterocycles. The number of halogens is 1. The van der Waals surface area contributed by atoms with E-state index in [0.717, 1.165) is 0 Å². The molecule has 48 valence electrons. The third-order valence-corrected chi connectivity index (χ3v) is 1.66. The highest BCUT2D eigenvalue weighted by molar-refractivity contribution is 4.84. The van der Waals surface area contributed by atoms with Crippen LogP contribution in [0.3, 0.4) is 0 Å². The quantitative estimate of drug-likeness (QED) is 0.507. The lowest BCUT2D eigenvalue weighted by Gasteiger charge is -2.12. The van der Waals surface area contributed by atoms with Gasteiger partial charge in [0, 0.05) is 6.42 Å². The van der Waals surface area contributed by atoms with E-state index >= 15 is 0 Å². The fourth-order valence-corrected chi connectivity index (χ4v) is 1.15. The topological polar surface area (TPSA) is 20.2 Å². The summed E-state index contributed by atoms with van der Waals surface area (Å²) >= 11 is 0. The highest BCUT2D eigenvalue weighted by Gasteiger charge is 2.32. The van der Waals surface area contributed by atoms with Gasteiger partial charge in [-0.05, 0) is 19.8 Å². The molecule has 0 aromatic heterocycles. The highest BCUT2D eigenvalue weighted by Crippen LogP contribution is 2.30. The average molecular weight is 118 g/mol. The molecule has 0 aliphatic heterocycles. The van der Waals surface area contributed by atoms with Gasteiger partial charge in [0.15, 0.2) is 0 Å². The van der Waals surface area contributed by atoms with Crippen molar-refractivity contribution in [2.45, 2.75) is 38.0 Å². The Morgan fingerprint density at radius 2 is 2.38 bits per heavy atom. The smallest absolute Gasteiger partial charge is 0.103 e. The number of aliphatic hydroxyl groups is 1. The van der Waals surface area contributed by atoms with Gasteiger partial charge in [0.1, 0.15) is 6.17 Å². The van der Waals surface area contributed by atoms with Gasteiger partial charge in [-0.2, -0.15) is 0 Å². The Hall–Kier alpha value is -0.110. The van der Waals surface area contributed by atoms with Gasteiger partial charge in [-0.1, -0.05) is 0 Å². The van der Waals surface area contributed by atoms with E-state index < -0.39 is 11.8 Å². The summed E-state index contributed by atoms with van der Waals surface area (Å²) in [6.45, 7) is 1.69. The number of hydrogen-bond acceptors (Lipinski definition) is 1. The van der Waals surface area contributed by atoms with Crippen molar-refractivity contribution in [2.24, 2.45) is 0 Å². The van der Waals surface area contributed by atoms with Gasteiger partial charge in [-0.3, -0.25) is 0 Å². The molecule has 1 nitrogen and oxygen atoms in total. The Labute approximate surface area is 48.5 Å². The fraction of sp³-hybridized carbons (Fsp3) is 1.00. The summed E-state index contributed by atoms with van der Waals surface area (Å²) in [6.07, 6.45) is 0.721. The van der Waals surface area contributed by atoms with Crippen LogP contribution < -0.4 is 0 Å². The SMILES string of the molecule is CC1(O)CCC(F)C1. The van der Waals surface area contributed by atoms with Crippen LogP contribution in [0, 0.1) is 0 Å². The van der Waals surface area contributed by atoms with Gasteiger partial charge in [0.05, 0.1) is 5.60 Å². The van der Waals surface area contributed by atoms with Crippen LogP contribution in [0.1, 0.15) is 26.2 Å². The second kappa shape index (κ2) is 1.69. The lowest BCUT2D eigenvalue weighted by atomic mass is 10.1. The lowest BCUT2D eigenvalue weighted by molar-refractivity contribution is 0.0609. The summed E-state index contributed by atoms with van der Waals surface area (Å²) in [6, 6.07) is 0. The molecule has 8 heavy (non-hydrogen) atoms. The zero-order valence-electron chi connectivity index (χ0n) is 5.02. The molecule has 2 unspecified atom stereocenters. The van der Waals surface area contributed by atoms with Crippen LogP contribution in [0.15, 0.2) is 0 Å². The van der Waals surface area contributed by atoms with Crippen LogP contribution in [-0.4, -0.2) is 16.9 Å². The van der Waals surface area contributed by atoms with Crippen molar-refractivity contribution in [1.82, 2.24) is 0 Å². The van der Waals surface area contributed by atoms with Crippen LogP contribution in [0.5, 0.6) is 0 Å². The van der Waals surface area contributed by atoms with Gasteiger partial charge in [-0.25, -0.2) is 4.39 Å². The van der Waals surface area contributed by atoms with Gasteiger partial charge in [0.2, 0.25) is 0 Å². The van der Waals surface area contributed by atoms with E-state index in [-0.39, 0.29) is 0 Å². The fourth-order valence-electron chi connectivity index (χ4n) is 1.15. The number of alkyl halides is 1. The monoisotopic (exact) mass is 118 g/mol. The van der Waals surface area contributed by atoms with Gasteiger partial charge in [-0.15, -0.1) is 0 Å². The first-order chi connectivity index (χ1) is 3.60. The summed E-state index contributed by atoms with van der Waals surface area (Å²) in [5.41, 5.74) is -0.709. The molecule has 0 amide bonds. The molecule has 2 heteroatoms. The van der Waals surface area contributed by atoms with E-state index in [1.54, 1.807) is 6.92 Å².